The molecule has 94 valence electrons. The van der Waals surface area contributed by atoms with E-state index in [9.17, 15) is 5.11 Å². The molecule has 1 aromatic rings. The fraction of sp³-hybridized carbons (Fsp3) is 0.600. The largest absolute Gasteiger partial charge is 0.387 e. The molecule has 1 aliphatic carbocycles. The first-order valence-corrected chi connectivity index (χ1v) is 6.58. The van der Waals surface area contributed by atoms with E-state index in [0.29, 0.717) is 12.0 Å². The van der Waals surface area contributed by atoms with Crippen LogP contribution in [0.1, 0.15) is 43.9 Å². The van der Waals surface area contributed by atoms with Crippen LogP contribution in [0.5, 0.6) is 0 Å². The molecule has 17 heavy (non-hydrogen) atoms. The fourth-order valence-corrected chi connectivity index (χ4v) is 2.14. The maximum Gasteiger partial charge on any atom is 0.0945 e. The van der Waals surface area contributed by atoms with Gasteiger partial charge >= 0.3 is 0 Å². The molecule has 2 nitrogen and oxygen atoms in total. The van der Waals surface area contributed by atoms with Crippen molar-refractivity contribution in [1.82, 2.24) is 5.32 Å². The standard InChI is InChI=1S/C15H23NO/c1-10(2)14(16-13-8-9-13)15(17)12-6-4-11(3)5-7-12/h4-7,10,13-17H,8-9H2,1-3H3. The Hall–Kier alpha value is -0.860. The number of hydrogen-bond acceptors (Lipinski definition) is 2. The SMILES string of the molecule is Cc1ccc(C(O)C(NC2CC2)C(C)C)cc1. The minimum Gasteiger partial charge on any atom is -0.387 e. The molecule has 2 rings (SSSR count). The average molecular weight is 233 g/mol. The lowest BCUT2D eigenvalue weighted by molar-refractivity contribution is 0.104. The summed E-state index contributed by atoms with van der Waals surface area (Å²) in [5.74, 6) is 0.437. The van der Waals surface area contributed by atoms with Crippen molar-refractivity contribution in [2.75, 3.05) is 0 Å². The zero-order chi connectivity index (χ0) is 12.4. The monoisotopic (exact) mass is 233 g/mol. The molecule has 1 saturated carbocycles. The highest BCUT2D eigenvalue weighted by molar-refractivity contribution is 5.24. The molecule has 2 unspecified atom stereocenters. The Morgan fingerprint density at radius 3 is 2.24 bits per heavy atom. The second-order valence-electron chi connectivity index (χ2n) is 5.57. The summed E-state index contributed by atoms with van der Waals surface area (Å²) in [6, 6.07) is 8.97. The van der Waals surface area contributed by atoms with E-state index in [1.54, 1.807) is 0 Å². The van der Waals surface area contributed by atoms with Gasteiger partial charge in [0, 0.05) is 12.1 Å². The molecule has 0 amide bonds. The molecule has 2 atom stereocenters. The Bertz CT molecular complexity index is 354. The summed E-state index contributed by atoms with van der Waals surface area (Å²) in [5, 5.41) is 14.0. The van der Waals surface area contributed by atoms with Crippen LogP contribution in [0.25, 0.3) is 0 Å². The third-order valence-corrected chi connectivity index (χ3v) is 3.48. The van der Waals surface area contributed by atoms with Crippen molar-refractivity contribution in [3.63, 3.8) is 0 Å². The van der Waals surface area contributed by atoms with Crippen LogP contribution in [-0.2, 0) is 0 Å². The lowest BCUT2D eigenvalue weighted by Gasteiger charge is -2.28. The number of aliphatic hydroxyl groups is 1. The lowest BCUT2D eigenvalue weighted by Crippen LogP contribution is -2.40. The normalized spacial score (nSPS) is 19.4. The first-order valence-electron chi connectivity index (χ1n) is 6.58. The van der Waals surface area contributed by atoms with Gasteiger partial charge in [0.2, 0.25) is 0 Å². The zero-order valence-corrected chi connectivity index (χ0v) is 11.0. The van der Waals surface area contributed by atoms with Crippen LogP contribution in [0.3, 0.4) is 0 Å². The average Bonchev–Trinajstić information content (AvgIpc) is 3.09. The van der Waals surface area contributed by atoms with Gasteiger partial charge < -0.3 is 10.4 Å². The van der Waals surface area contributed by atoms with E-state index in [1.807, 2.05) is 12.1 Å². The highest BCUT2D eigenvalue weighted by atomic mass is 16.3. The van der Waals surface area contributed by atoms with E-state index in [4.69, 9.17) is 0 Å². The molecule has 1 aliphatic rings. The van der Waals surface area contributed by atoms with E-state index in [2.05, 4.69) is 38.2 Å². The van der Waals surface area contributed by atoms with Gasteiger partial charge in [-0.15, -0.1) is 0 Å². The van der Waals surface area contributed by atoms with Gasteiger partial charge in [-0.05, 0) is 31.2 Å². The molecule has 2 heteroatoms. The quantitative estimate of drug-likeness (QED) is 0.819. The van der Waals surface area contributed by atoms with Crippen molar-refractivity contribution in [3.05, 3.63) is 35.4 Å². The molecule has 1 aromatic carbocycles. The maximum atomic E-state index is 10.5. The Morgan fingerprint density at radius 2 is 1.76 bits per heavy atom. The van der Waals surface area contributed by atoms with Gasteiger partial charge in [0.15, 0.2) is 0 Å². The van der Waals surface area contributed by atoms with Crippen LogP contribution in [0.2, 0.25) is 0 Å². The third kappa shape index (κ3) is 3.30. The Morgan fingerprint density at radius 1 is 1.18 bits per heavy atom. The minimum absolute atomic E-state index is 0.158. The van der Waals surface area contributed by atoms with Crippen molar-refractivity contribution >= 4 is 0 Å². The first kappa shape index (κ1) is 12.6. The minimum atomic E-state index is -0.406. The fourth-order valence-electron chi connectivity index (χ4n) is 2.14. The highest BCUT2D eigenvalue weighted by Gasteiger charge is 2.30. The lowest BCUT2D eigenvalue weighted by atomic mass is 9.93. The van der Waals surface area contributed by atoms with Crippen molar-refractivity contribution in [1.29, 1.82) is 0 Å². The van der Waals surface area contributed by atoms with Crippen LogP contribution in [0.4, 0.5) is 0 Å². The van der Waals surface area contributed by atoms with Crippen LogP contribution < -0.4 is 5.32 Å². The summed E-state index contributed by atoms with van der Waals surface area (Å²) >= 11 is 0. The second kappa shape index (κ2) is 5.19. The van der Waals surface area contributed by atoms with Crippen LogP contribution in [0, 0.1) is 12.8 Å². The number of aliphatic hydroxyl groups excluding tert-OH is 1. The molecule has 0 aliphatic heterocycles. The molecule has 0 bridgehead atoms. The predicted molar refractivity (Wildman–Crippen MR) is 70.9 cm³/mol. The zero-order valence-electron chi connectivity index (χ0n) is 11.0. The first-order chi connectivity index (χ1) is 8.08. The van der Waals surface area contributed by atoms with Gasteiger partial charge in [0.25, 0.3) is 0 Å². The molecule has 0 heterocycles. The number of aryl methyl sites for hydroxylation is 1. The smallest absolute Gasteiger partial charge is 0.0945 e. The topological polar surface area (TPSA) is 32.3 Å². The predicted octanol–water partition coefficient (Wildman–Crippen LogP) is 2.81. The van der Waals surface area contributed by atoms with Gasteiger partial charge in [-0.3, -0.25) is 0 Å². The Kier molecular flexibility index (Phi) is 3.85. The van der Waals surface area contributed by atoms with E-state index < -0.39 is 6.10 Å². The number of hydrogen-bond donors (Lipinski definition) is 2. The molecule has 0 saturated heterocycles. The Labute approximate surface area is 104 Å². The van der Waals surface area contributed by atoms with E-state index in [0.717, 1.165) is 5.56 Å². The molecule has 0 radical (unpaired) electrons. The molecule has 0 spiro atoms. The number of nitrogens with one attached hydrogen (secondary N) is 1. The van der Waals surface area contributed by atoms with E-state index in [-0.39, 0.29) is 6.04 Å². The Balaban J connectivity index is 2.08. The third-order valence-electron chi connectivity index (χ3n) is 3.48. The summed E-state index contributed by atoms with van der Waals surface area (Å²) in [6.07, 6.45) is 2.10. The van der Waals surface area contributed by atoms with Gasteiger partial charge in [-0.25, -0.2) is 0 Å². The van der Waals surface area contributed by atoms with Crippen molar-refractivity contribution < 1.29 is 5.11 Å². The summed E-state index contributed by atoms with van der Waals surface area (Å²) < 4.78 is 0. The molecule has 0 aromatic heterocycles. The molecule has 2 N–H and O–H groups in total. The van der Waals surface area contributed by atoms with Crippen LogP contribution >= 0.6 is 0 Å². The molecular weight excluding hydrogens is 210 g/mol. The molecular formula is C15H23NO. The van der Waals surface area contributed by atoms with Gasteiger partial charge in [0.1, 0.15) is 0 Å². The highest BCUT2D eigenvalue weighted by Crippen LogP contribution is 2.27. The van der Waals surface area contributed by atoms with Crippen molar-refractivity contribution in [2.24, 2.45) is 5.92 Å². The van der Waals surface area contributed by atoms with Crippen molar-refractivity contribution in [2.45, 2.75) is 51.8 Å². The summed E-state index contributed by atoms with van der Waals surface area (Å²) in [5.41, 5.74) is 2.25. The van der Waals surface area contributed by atoms with Gasteiger partial charge in [-0.2, -0.15) is 0 Å². The molecule has 1 fully saturated rings. The number of benzene rings is 1. The number of rotatable bonds is 5. The summed E-state index contributed by atoms with van der Waals surface area (Å²) in [4.78, 5) is 0. The second-order valence-corrected chi connectivity index (χ2v) is 5.57. The van der Waals surface area contributed by atoms with E-state index in [1.165, 1.54) is 18.4 Å². The summed E-state index contributed by atoms with van der Waals surface area (Å²) in [7, 11) is 0. The van der Waals surface area contributed by atoms with Crippen molar-refractivity contribution in [3.8, 4) is 0 Å². The van der Waals surface area contributed by atoms with Crippen LogP contribution in [-0.4, -0.2) is 17.2 Å². The van der Waals surface area contributed by atoms with E-state index >= 15 is 0 Å². The van der Waals surface area contributed by atoms with Crippen LogP contribution in [0.15, 0.2) is 24.3 Å². The summed E-state index contributed by atoms with van der Waals surface area (Å²) in [6.45, 7) is 6.40. The maximum absolute atomic E-state index is 10.5. The van der Waals surface area contributed by atoms with Gasteiger partial charge in [0.05, 0.1) is 6.10 Å². The van der Waals surface area contributed by atoms with Gasteiger partial charge in [-0.1, -0.05) is 43.7 Å².